The van der Waals surface area contributed by atoms with Gasteiger partial charge in [0.05, 0.1) is 12.6 Å². The molecule has 0 aromatic heterocycles. The second-order valence-electron chi connectivity index (χ2n) is 5.08. The Balaban J connectivity index is 2.24. The summed E-state index contributed by atoms with van der Waals surface area (Å²) in [4.78, 5) is 14.3. The summed E-state index contributed by atoms with van der Waals surface area (Å²) in [6, 6.07) is 5.59. The van der Waals surface area contributed by atoms with Crippen molar-refractivity contribution in [3.63, 3.8) is 0 Å². The predicted molar refractivity (Wildman–Crippen MR) is 78.3 cm³/mol. The largest absolute Gasteiger partial charge is 0.391 e. The predicted octanol–water partition coefficient (Wildman–Crippen LogP) is 0.902. The molecule has 1 aliphatic heterocycles. The fourth-order valence-electron chi connectivity index (χ4n) is 2.39. The minimum atomic E-state index is -0.409. The van der Waals surface area contributed by atoms with E-state index in [-0.39, 0.29) is 5.91 Å². The zero-order valence-corrected chi connectivity index (χ0v) is 11.7. The average Bonchev–Trinajstić information content (AvgIpc) is 2.45. The highest BCUT2D eigenvalue weighted by Crippen LogP contribution is 2.17. The molecule has 1 fully saturated rings. The standard InChI is InChI=1S/C16H20N2O2/c1-12-6-7-13(4-2-8-17)10-15(12)16(20)18-9-3-5-14(19)11-18/h6-7,10,14,19H,3,5,8-9,11,17H2,1H3. The number of piperidine rings is 1. The lowest BCUT2D eigenvalue weighted by molar-refractivity contribution is 0.0473. The number of aliphatic hydroxyl groups excluding tert-OH is 1. The number of β-amino-alcohol motifs (C(OH)–C–C–N with tert-alkyl or cyclic N) is 1. The molecule has 0 spiro atoms. The van der Waals surface area contributed by atoms with E-state index in [2.05, 4.69) is 11.8 Å². The van der Waals surface area contributed by atoms with E-state index >= 15 is 0 Å². The van der Waals surface area contributed by atoms with Crippen LogP contribution in [0.4, 0.5) is 0 Å². The van der Waals surface area contributed by atoms with Crippen molar-refractivity contribution in [3.8, 4) is 11.8 Å². The molecular formula is C16H20N2O2. The van der Waals surface area contributed by atoms with Crippen LogP contribution in [0.15, 0.2) is 18.2 Å². The van der Waals surface area contributed by atoms with Crippen molar-refractivity contribution >= 4 is 5.91 Å². The summed E-state index contributed by atoms with van der Waals surface area (Å²) in [6.45, 7) is 3.33. The molecule has 1 aromatic carbocycles. The van der Waals surface area contributed by atoms with E-state index in [9.17, 15) is 9.90 Å². The Morgan fingerprint density at radius 3 is 3.05 bits per heavy atom. The zero-order chi connectivity index (χ0) is 14.5. The fraction of sp³-hybridized carbons (Fsp3) is 0.438. The van der Waals surface area contributed by atoms with Crippen LogP contribution in [0.2, 0.25) is 0 Å². The number of nitrogens with zero attached hydrogens (tertiary/aromatic N) is 1. The van der Waals surface area contributed by atoms with Gasteiger partial charge in [0.15, 0.2) is 0 Å². The van der Waals surface area contributed by atoms with Gasteiger partial charge in [-0.2, -0.15) is 0 Å². The molecule has 20 heavy (non-hydrogen) atoms. The van der Waals surface area contributed by atoms with Crippen molar-refractivity contribution in [1.82, 2.24) is 4.90 Å². The Hall–Kier alpha value is -1.83. The number of carbonyl (C=O) groups excluding carboxylic acids is 1. The molecule has 1 aromatic rings. The summed E-state index contributed by atoms with van der Waals surface area (Å²) in [5.74, 6) is 5.70. The first-order valence-corrected chi connectivity index (χ1v) is 6.88. The summed E-state index contributed by atoms with van der Waals surface area (Å²) in [7, 11) is 0. The smallest absolute Gasteiger partial charge is 0.254 e. The minimum Gasteiger partial charge on any atom is -0.391 e. The van der Waals surface area contributed by atoms with Crippen LogP contribution >= 0.6 is 0 Å². The number of aliphatic hydroxyl groups is 1. The molecule has 1 saturated heterocycles. The highest BCUT2D eigenvalue weighted by molar-refractivity contribution is 5.96. The number of likely N-dealkylation sites (tertiary alicyclic amines) is 1. The Labute approximate surface area is 119 Å². The molecule has 1 amide bonds. The van der Waals surface area contributed by atoms with Gasteiger partial charge in [0, 0.05) is 24.2 Å². The Kier molecular flexibility index (Phi) is 4.78. The van der Waals surface area contributed by atoms with Crippen molar-refractivity contribution in [2.75, 3.05) is 19.6 Å². The molecule has 1 unspecified atom stereocenters. The van der Waals surface area contributed by atoms with Crippen LogP contribution in [0, 0.1) is 18.8 Å². The number of amides is 1. The molecule has 1 heterocycles. The number of hydrogen-bond acceptors (Lipinski definition) is 3. The number of hydrogen-bond donors (Lipinski definition) is 2. The molecule has 4 heteroatoms. The van der Waals surface area contributed by atoms with Gasteiger partial charge in [0.25, 0.3) is 5.91 Å². The molecule has 1 aliphatic rings. The van der Waals surface area contributed by atoms with Crippen molar-refractivity contribution in [1.29, 1.82) is 0 Å². The summed E-state index contributed by atoms with van der Waals surface area (Å²) in [5, 5.41) is 9.69. The summed E-state index contributed by atoms with van der Waals surface area (Å²) in [5.41, 5.74) is 7.73. The second-order valence-corrected chi connectivity index (χ2v) is 5.08. The number of aryl methyl sites for hydroxylation is 1. The van der Waals surface area contributed by atoms with Crippen molar-refractivity contribution < 1.29 is 9.90 Å². The molecule has 3 N–H and O–H groups in total. The van der Waals surface area contributed by atoms with Gasteiger partial charge in [0.1, 0.15) is 0 Å². The van der Waals surface area contributed by atoms with E-state index in [4.69, 9.17) is 5.73 Å². The van der Waals surface area contributed by atoms with Crippen LogP contribution in [0.5, 0.6) is 0 Å². The topological polar surface area (TPSA) is 66.6 Å². The van der Waals surface area contributed by atoms with Gasteiger partial charge in [-0.3, -0.25) is 4.79 Å². The van der Waals surface area contributed by atoms with Crippen LogP contribution in [0.3, 0.4) is 0 Å². The third kappa shape index (κ3) is 3.38. The second kappa shape index (κ2) is 6.56. The monoisotopic (exact) mass is 272 g/mol. The molecule has 0 radical (unpaired) electrons. The van der Waals surface area contributed by atoms with E-state index in [0.29, 0.717) is 25.2 Å². The van der Waals surface area contributed by atoms with E-state index < -0.39 is 6.10 Å². The highest BCUT2D eigenvalue weighted by atomic mass is 16.3. The summed E-state index contributed by atoms with van der Waals surface area (Å²) in [6.07, 6.45) is 1.21. The molecule has 0 bridgehead atoms. The molecule has 2 rings (SSSR count). The molecule has 4 nitrogen and oxygen atoms in total. The van der Waals surface area contributed by atoms with Gasteiger partial charge in [-0.25, -0.2) is 0 Å². The Morgan fingerprint density at radius 2 is 2.35 bits per heavy atom. The normalized spacial score (nSPS) is 18.4. The van der Waals surface area contributed by atoms with E-state index in [1.165, 1.54) is 0 Å². The first-order chi connectivity index (χ1) is 9.61. The molecule has 0 aliphatic carbocycles. The number of nitrogens with two attached hydrogens (primary N) is 1. The average molecular weight is 272 g/mol. The first-order valence-electron chi connectivity index (χ1n) is 6.88. The lowest BCUT2D eigenvalue weighted by atomic mass is 10.0. The van der Waals surface area contributed by atoms with Crippen LogP contribution in [0.25, 0.3) is 0 Å². The summed E-state index contributed by atoms with van der Waals surface area (Å²) < 4.78 is 0. The van der Waals surface area contributed by atoms with E-state index in [0.717, 1.165) is 24.0 Å². The third-order valence-corrected chi connectivity index (χ3v) is 3.49. The first kappa shape index (κ1) is 14.6. The van der Waals surface area contributed by atoms with Crippen molar-refractivity contribution in [2.24, 2.45) is 5.73 Å². The lowest BCUT2D eigenvalue weighted by Gasteiger charge is -2.30. The van der Waals surface area contributed by atoms with Gasteiger partial charge in [-0.1, -0.05) is 17.9 Å². The lowest BCUT2D eigenvalue weighted by Crippen LogP contribution is -2.42. The molecular weight excluding hydrogens is 252 g/mol. The molecule has 0 saturated carbocycles. The number of benzene rings is 1. The molecule has 1 atom stereocenters. The van der Waals surface area contributed by atoms with Crippen LogP contribution < -0.4 is 5.73 Å². The Morgan fingerprint density at radius 1 is 1.55 bits per heavy atom. The fourth-order valence-corrected chi connectivity index (χ4v) is 2.39. The van der Waals surface area contributed by atoms with Gasteiger partial charge >= 0.3 is 0 Å². The highest BCUT2D eigenvalue weighted by Gasteiger charge is 2.24. The maximum absolute atomic E-state index is 12.5. The maximum atomic E-state index is 12.5. The maximum Gasteiger partial charge on any atom is 0.254 e. The Bertz CT molecular complexity index is 557. The van der Waals surface area contributed by atoms with Gasteiger partial charge < -0.3 is 15.7 Å². The van der Waals surface area contributed by atoms with Gasteiger partial charge in [-0.05, 0) is 37.5 Å². The summed E-state index contributed by atoms with van der Waals surface area (Å²) >= 11 is 0. The number of rotatable bonds is 1. The third-order valence-electron chi connectivity index (χ3n) is 3.49. The van der Waals surface area contributed by atoms with Gasteiger partial charge in [-0.15, -0.1) is 0 Å². The van der Waals surface area contributed by atoms with E-state index in [1.807, 2.05) is 19.1 Å². The van der Waals surface area contributed by atoms with Gasteiger partial charge in [0.2, 0.25) is 0 Å². The van der Waals surface area contributed by atoms with Crippen LogP contribution in [-0.2, 0) is 0 Å². The van der Waals surface area contributed by atoms with Crippen LogP contribution in [-0.4, -0.2) is 41.7 Å². The SMILES string of the molecule is Cc1ccc(C#CCN)cc1C(=O)N1CCCC(O)C1. The van der Waals surface area contributed by atoms with Crippen molar-refractivity contribution in [2.45, 2.75) is 25.9 Å². The van der Waals surface area contributed by atoms with E-state index in [1.54, 1.807) is 11.0 Å². The molecule has 106 valence electrons. The minimum absolute atomic E-state index is 0.0300. The number of carbonyl (C=O) groups is 1. The van der Waals surface area contributed by atoms with Crippen molar-refractivity contribution in [3.05, 3.63) is 34.9 Å². The van der Waals surface area contributed by atoms with Crippen LogP contribution in [0.1, 0.15) is 34.3 Å². The zero-order valence-electron chi connectivity index (χ0n) is 11.7. The quantitative estimate of drug-likeness (QED) is 0.747.